The second-order valence-electron chi connectivity index (χ2n) is 23.8. The molecule has 0 aliphatic rings. The smallest absolute Gasteiger partial charge is 0.306 e. The van der Waals surface area contributed by atoms with Gasteiger partial charge in [0.05, 0.1) is 27.7 Å². The molecule has 2 atom stereocenters. The van der Waals surface area contributed by atoms with Crippen molar-refractivity contribution in [2.75, 3.05) is 47.5 Å². The Morgan fingerprint density at radius 2 is 0.663 bits per heavy atom. The van der Waals surface area contributed by atoms with Crippen LogP contribution in [0.2, 0.25) is 0 Å². The Bertz CT molecular complexity index is 1960. The van der Waals surface area contributed by atoms with E-state index < -0.39 is 32.5 Å². The molecule has 490 valence electrons. The topological polar surface area (TPSA) is 111 Å². The molecule has 0 fully saturated rings. The number of unbranched alkanes of at least 4 members (excludes halogenated alkanes) is 24. The largest absolute Gasteiger partial charge is 0.756 e. The van der Waals surface area contributed by atoms with E-state index in [1.165, 1.54) is 116 Å². The maximum Gasteiger partial charge on any atom is 0.306 e. The van der Waals surface area contributed by atoms with E-state index in [1.54, 1.807) is 0 Å². The van der Waals surface area contributed by atoms with E-state index in [-0.39, 0.29) is 26.1 Å². The van der Waals surface area contributed by atoms with E-state index in [0.29, 0.717) is 17.4 Å². The molecule has 0 saturated carbocycles. The van der Waals surface area contributed by atoms with Crippen molar-refractivity contribution in [2.24, 2.45) is 0 Å². The minimum absolute atomic E-state index is 0.0418. The van der Waals surface area contributed by atoms with Gasteiger partial charge in [-0.25, -0.2) is 0 Å². The van der Waals surface area contributed by atoms with E-state index in [0.717, 1.165) is 122 Å². The van der Waals surface area contributed by atoms with Crippen LogP contribution in [0, 0.1) is 0 Å². The lowest BCUT2D eigenvalue weighted by Gasteiger charge is -2.28. The molecule has 2 unspecified atom stereocenters. The summed E-state index contributed by atoms with van der Waals surface area (Å²) in [6.45, 7) is 4.11. The van der Waals surface area contributed by atoms with Crippen LogP contribution in [0.15, 0.2) is 146 Å². The molecule has 0 aromatic rings. The predicted molar refractivity (Wildman–Crippen MR) is 369 cm³/mol. The predicted octanol–water partition coefficient (Wildman–Crippen LogP) is 22.0. The number of ether oxygens (including phenoxy) is 2. The van der Waals surface area contributed by atoms with Crippen LogP contribution in [-0.4, -0.2) is 70.0 Å². The molecular weight excluding hydrogens is 1090 g/mol. The van der Waals surface area contributed by atoms with Crippen molar-refractivity contribution in [1.29, 1.82) is 0 Å². The fourth-order valence-electron chi connectivity index (χ4n) is 9.07. The van der Waals surface area contributed by atoms with Crippen LogP contribution < -0.4 is 4.89 Å². The molecule has 0 heterocycles. The van der Waals surface area contributed by atoms with Crippen molar-refractivity contribution in [1.82, 2.24) is 0 Å². The number of phosphoric acid groups is 1. The van der Waals surface area contributed by atoms with E-state index in [1.807, 2.05) is 21.1 Å². The highest BCUT2D eigenvalue weighted by Gasteiger charge is 2.22. The number of phosphoric ester groups is 1. The molecular formula is C76H128NO8P. The summed E-state index contributed by atoms with van der Waals surface area (Å²) >= 11 is 0. The molecule has 0 aliphatic heterocycles. The van der Waals surface area contributed by atoms with Gasteiger partial charge in [-0.3, -0.25) is 14.2 Å². The number of hydrogen-bond acceptors (Lipinski definition) is 8. The molecule has 0 spiro atoms. The first-order valence-corrected chi connectivity index (χ1v) is 36.0. The summed E-state index contributed by atoms with van der Waals surface area (Å²) in [5.74, 6) is -0.860. The summed E-state index contributed by atoms with van der Waals surface area (Å²) in [6, 6.07) is 0. The average molecular weight is 1210 g/mol. The van der Waals surface area contributed by atoms with Crippen LogP contribution in [0.1, 0.15) is 271 Å². The van der Waals surface area contributed by atoms with Gasteiger partial charge in [0, 0.05) is 12.8 Å². The number of likely N-dealkylation sites (N-methyl/N-ethyl adjacent to an activating group) is 1. The lowest BCUT2D eigenvalue weighted by Crippen LogP contribution is -2.37. The van der Waals surface area contributed by atoms with Gasteiger partial charge >= 0.3 is 11.9 Å². The Balaban J connectivity index is 4.17. The van der Waals surface area contributed by atoms with Crippen LogP contribution in [0.4, 0.5) is 0 Å². The molecule has 9 nitrogen and oxygen atoms in total. The maximum absolute atomic E-state index is 12.9. The SMILES string of the molecule is CC/C=C\C/C=C\C/C=C\C/C=C\C/C=C\C/C=C\C/C=C\C/C=C\C/C=C\C/C=C\C/C=C\CCCCCCCC(=O)OC(COC(=O)CCCCCCCCCCCCC/C=C\CCCCCCCCCC)COP(=O)([O-])OCC[N+](C)(C)C. The normalized spacial score (nSPS) is 14.1. The summed E-state index contributed by atoms with van der Waals surface area (Å²) in [5.41, 5.74) is 0. The summed E-state index contributed by atoms with van der Waals surface area (Å²) in [4.78, 5) is 38.0. The van der Waals surface area contributed by atoms with Gasteiger partial charge in [0.1, 0.15) is 19.8 Å². The first-order chi connectivity index (χ1) is 42.0. The Morgan fingerprint density at radius 3 is 1.00 bits per heavy atom. The Labute approximate surface area is 529 Å². The third kappa shape index (κ3) is 69.0. The second kappa shape index (κ2) is 65.3. The van der Waals surface area contributed by atoms with Gasteiger partial charge in [-0.1, -0.05) is 282 Å². The number of rotatable bonds is 62. The summed E-state index contributed by atoms with van der Waals surface area (Å²) in [7, 11) is 1.14. The van der Waals surface area contributed by atoms with Gasteiger partial charge < -0.3 is 27.9 Å². The number of esters is 2. The average Bonchev–Trinajstić information content (AvgIpc) is 3.56. The van der Waals surface area contributed by atoms with E-state index >= 15 is 0 Å². The number of carbonyl (C=O) groups is 2. The quantitative estimate of drug-likeness (QED) is 0.0195. The molecule has 0 bridgehead atoms. The molecule has 86 heavy (non-hydrogen) atoms. The number of allylic oxidation sites excluding steroid dienone is 24. The molecule has 0 aliphatic carbocycles. The Morgan fingerprint density at radius 1 is 0.372 bits per heavy atom. The highest BCUT2D eigenvalue weighted by Crippen LogP contribution is 2.38. The van der Waals surface area contributed by atoms with Gasteiger partial charge in [-0.2, -0.15) is 0 Å². The van der Waals surface area contributed by atoms with Crippen molar-refractivity contribution in [3.63, 3.8) is 0 Å². The molecule has 0 aromatic heterocycles. The van der Waals surface area contributed by atoms with Crippen LogP contribution >= 0.6 is 7.82 Å². The minimum atomic E-state index is -4.66. The molecule has 0 N–H and O–H groups in total. The van der Waals surface area contributed by atoms with E-state index in [2.05, 4.69) is 160 Å². The lowest BCUT2D eigenvalue weighted by molar-refractivity contribution is -0.870. The van der Waals surface area contributed by atoms with Crippen molar-refractivity contribution in [2.45, 2.75) is 277 Å². The molecule has 0 amide bonds. The van der Waals surface area contributed by atoms with Crippen LogP contribution in [0.25, 0.3) is 0 Å². The van der Waals surface area contributed by atoms with Crippen molar-refractivity contribution in [3.05, 3.63) is 146 Å². The zero-order valence-corrected chi connectivity index (χ0v) is 56.6. The minimum Gasteiger partial charge on any atom is -0.756 e. The Hall–Kier alpha value is -4.11. The summed E-state index contributed by atoms with van der Waals surface area (Å²) < 4.78 is 34.3. The fraction of sp³-hybridized carbons (Fsp3) is 0.658. The van der Waals surface area contributed by atoms with Gasteiger partial charge in [0.2, 0.25) is 0 Å². The van der Waals surface area contributed by atoms with Gasteiger partial charge in [0.15, 0.2) is 6.10 Å². The molecule has 0 radical (unpaired) electrons. The van der Waals surface area contributed by atoms with Gasteiger partial charge in [-0.05, 0) is 122 Å². The lowest BCUT2D eigenvalue weighted by atomic mass is 10.0. The molecule has 0 saturated heterocycles. The van der Waals surface area contributed by atoms with Crippen LogP contribution in [0.5, 0.6) is 0 Å². The summed E-state index contributed by atoms with van der Waals surface area (Å²) in [5, 5.41) is 0. The first-order valence-electron chi connectivity index (χ1n) is 34.5. The Kier molecular flexibility index (Phi) is 62.2. The standard InChI is InChI=1S/C76H128NO8P/c1-6-8-10-12-14-16-18-20-22-24-26-28-30-31-32-33-34-35-36-37-38-39-40-41-42-43-44-45-47-49-51-53-55-57-59-61-63-65-67-69-76(79)85-74(73-84-86(80,81)83-71-70-77(3,4)5)72-82-75(78)68-66-64-62-60-58-56-54-52-50-48-46-29-27-25-23-21-19-17-15-13-11-9-7-2/h8,10,14,16,20,22,25-28,31-32,34-35,37-38,40-41,43-44,47,49,53,55,74H,6-7,9,11-13,15,17-19,21,23-24,29-30,33,36,39,42,45-46,48,50-52,54,56-73H2,1-5H3/b10-8-,16-14-,22-20-,27-25-,28-26-,32-31-,35-34-,38-37-,41-40-,44-43-,49-47-,55-53-. The van der Waals surface area contributed by atoms with Gasteiger partial charge in [-0.15, -0.1) is 0 Å². The van der Waals surface area contributed by atoms with Crippen LogP contribution in [-0.2, 0) is 32.7 Å². The molecule has 0 rings (SSSR count). The third-order valence-electron chi connectivity index (χ3n) is 14.3. The number of carbonyl (C=O) groups excluding carboxylic acids is 2. The number of nitrogens with zero attached hydrogens (tertiary/aromatic N) is 1. The second-order valence-corrected chi connectivity index (χ2v) is 25.2. The number of hydrogen-bond donors (Lipinski definition) is 0. The highest BCUT2D eigenvalue weighted by atomic mass is 31.2. The third-order valence-corrected chi connectivity index (χ3v) is 15.3. The highest BCUT2D eigenvalue weighted by molar-refractivity contribution is 7.45. The first kappa shape index (κ1) is 81.9. The monoisotopic (exact) mass is 1210 g/mol. The van der Waals surface area contributed by atoms with E-state index in [4.69, 9.17) is 18.5 Å². The zero-order valence-electron chi connectivity index (χ0n) is 55.7. The van der Waals surface area contributed by atoms with E-state index in [9.17, 15) is 19.0 Å². The molecule has 0 aromatic carbocycles. The number of quaternary nitrogens is 1. The maximum atomic E-state index is 12.9. The van der Waals surface area contributed by atoms with Crippen LogP contribution in [0.3, 0.4) is 0 Å². The van der Waals surface area contributed by atoms with Gasteiger partial charge in [0.25, 0.3) is 7.82 Å². The van der Waals surface area contributed by atoms with Crippen molar-refractivity contribution >= 4 is 19.8 Å². The zero-order chi connectivity index (χ0) is 62.6. The summed E-state index contributed by atoms with van der Waals surface area (Å²) in [6.07, 6.45) is 96.3. The molecule has 10 heteroatoms. The van der Waals surface area contributed by atoms with Crippen molar-refractivity contribution in [3.8, 4) is 0 Å². The van der Waals surface area contributed by atoms with Crippen molar-refractivity contribution < 1.29 is 42.1 Å². The fourth-order valence-corrected chi connectivity index (χ4v) is 9.80.